The monoisotopic (exact) mass is 246 g/mol. The van der Waals surface area contributed by atoms with Gasteiger partial charge in [-0.2, -0.15) is 0 Å². The minimum Gasteiger partial charge on any atom is -0.481 e. The van der Waals surface area contributed by atoms with E-state index in [1.165, 1.54) is 0 Å². The fourth-order valence-corrected chi connectivity index (χ4v) is 1.60. The minimum atomic E-state index is -0.927. The van der Waals surface area contributed by atoms with Gasteiger partial charge in [0.25, 0.3) is 0 Å². The molecule has 1 unspecified atom stereocenters. The van der Waals surface area contributed by atoms with E-state index < -0.39 is 12.1 Å². The van der Waals surface area contributed by atoms with E-state index in [0.29, 0.717) is 32.8 Å². The normalized spacial score (nSPS) is 20.3. The topological polar surface area (TPSA) is 102 Å². The number of carbonyl (C=O) groups excluding carboxylic acids is 1. The lowest BCUT2D eigenvalue weighted by Crippen LogP contribution is -2.47. The molecule has 0 aliphatic carbocycles. The molecular formula is C10H18N2O5. The first kappa shape index (κ1) is 13.9. The minimum absolute atomic E-state index is 0.0169. The first-order valence-corrected chi connectivity index (χ1v) is 5.52. The van der Waals surface area contributed by atoms with Gasteiger partial charge in [-0.05, 0) is 0 Å². The van der Waals surface area contributed by atoms with Crippen LogP contribution in [0.4, 0.5) is 0 Å². The van der Waals surface area contributed by atoms with E-state index in [1.54, 1.807) is 4.90 Å². The van der Waals surface area contributed by atoms with Crippen LogP contribution >= 0.6 is 0 Å². The van der Waals surface area contributed by atoms with Crippen LogP contribution in [0.3, 0.4) is 0 Å². The highest BCUT2D eigenvalue weighted by Crippen LogP contribution is 2.09. The number of morpholine rings is 1. The lowest BCUT2D eigenvalue weighted by atomic mass is 10.2. The lowest BCUT2D eigenvalue weighted by molar-refractivity contribution is -0.150. The molecule has 1 amide bonds. The maximum atomic E-state index is 11.7. The zero-order chi connectivity index (χ0) is 12.7. The van der Waals surface area contributed by atoms with Crippen molar-refractivity contribution >= 4 is 11.9 Å². The van der Waals surface area contributed by atoms with Crippen LogP contribution in [0.15, 0.2) is 0 Å². The molecule has 1 rings (SSSR count). The molecule has 1 aliphatic rings. The van der Waals surface area contributed by atoms with Crippen LogP contribution in [0, 0.1) is 0 Å². The molecule has 98 valence electrons. The molecule has 1 fully saturated rings. The first-order valence-electron chi connectivity index (χ1n) is 5.52. The van der Waals surface area contributed by atoms with Gasteiger partial charge >= 0.3 is 5.97 Å². The van der Waals surface area contributed by atoms with Crippen LogP contribution in [0.2, 0.25) is 0 Å². The molecular weight excluding hydrogens is 228 g/mol. The van der Waals surface area contributed by atoms with Crippen molar-refractivity contribution in [3.63, 3.8) is 0 Å². The summed E-state index contributed by atoms with van der Waals surface area (Å²) in [4.78, 5) is 23.8. The molecule has 0 aromatic heterocycles. The molecule has 0 saturated carbocycles. The average molecular weight is 246 g/mol. The second-order valence-electron chi connectivity index (χ2n) is 3.77. The van der Waals surface area contributed by atoms with E-state index >= 15 is 0 Å². The third-order valence-corrected chi connectivity index (χ3v) is 2.38. The molecule has 7 nitrogen and oxygen atoms in total. The standard InChI is InChI=1S/C10H18N2O5/c11-1-3-16-7-9(13)12-2-4-17-8(6-12)5-10(14)15/h8H,1-7,11H2,(H,14,15). The van der Waals surface area contributed by atoms with Crippen LogP contribution in [0.25, 0.3) is 0 Å². The number of carboxylic acids is 1. The van der Waals surface area contributed by atoms with Crippen molar-refractivity contribution in [1.29, 1.82) is 0 Å². The summed E-state index contributed by atoms with van der Waals surface area (Å²) in [6, 6.07) is 0. The summed E-state index contributed by atoms with van der Waals surface area (Å²) in [5.74, 6) is -1.08. The summed E-state index contributed by atoms with van der Waals surface area (Å²) >= 11 is 0. The first-order chi connectivity index (χ1) is 8.13. The van der Waals surface area contributed by atoms with E-state index in [0.717, 1.165) is 0 Å². The highest BCUT2D eigenvalue weighted by atomic mass is 16.5. The van der Waals surface area contributed by atoms with Crippen LogP contribution < -0.4 is 5.73 Å². The number of nitrogens with zero attached hydrogens (tertiary/aromatic N) is 1. The third-order valence-electron chi connectivity index (χ3n) is 2.38. The van der Waals surface area contributed by atoms with Gasteiger partial charge in [0.2, 0.25) is 5.91 Å². The smallest absolute Gasteiger partial charge is 0.306 e. The Bertz CT molecular complexity index is 271. The molecule has 7 heteroatoms. The number of amides is 1. The molecule has 0 aromatic carbocycles. The van der Waals surface area contributed by atoms with Gasteiger partial charge in [0.15, 0.2) is 0 Å². The molecule has 1 aliphatic heterocycles. The van der Waals surface area contributed by atoms with E-state index in [4.69, 9.17) is 20.3 Å². The number of hydrogen-bond acceptors (Lipinski definition) is 5. The Kier molecular flexibility index (Phi) is 5.88. The highest BCUT2D eigenvalue weighted by molar-refractivity contribution is 5.77. The van der Waals surface area contributed by atoms with E-state index in [1.807, 2.05) is 0 Å². The molecule has 0 radical (unpaired) electrons. The fourth-order valence-electron chi connectivity index (χ4n) is 1.60. The molecule has 1 saturated heterocycles. The predicted octanol–water partition coefficient (Wildman–Crippen LogP) is -1.34. The van der Waals surface area contributed by atoms with Crippen molar-refractivity contribution < 1.29 is 24.2 Å². The van der Waals surface area contributed by atoms with Gasteiger partial charge in [-0.3, -0.25) is 9.59 Å². The van der Waals surface area contributed by atoms with Gasteiger partial charge < -0.3 is 25.2 Å². The SMILES string of the molecule is NCCOCC(=O)N1CCOC(CC(=O)O)C1. The van der Waals surface area contributed by atoms with Gasteiger partial charge in [-0.15, -0.1) is 0 Å². The van der Waals surface area contributed by atoms with Gasteiger partial charge in [0.05, 0.1) is 25.7 Å². The maximum absolute atomic E-state index is 11.7. The van der Waals surface area contributed by atoms with Gasteiger partial charge in [0.1, 0.15) is 6.61 Å². The Morgan fingerprint density at radius 1 is 1.53 bits per heavy atom. The Balaban J connectivity index is 2.32. The quantitative estimate of drug-likeness (QED) is 0.563. The average Bonchev–Trinajstić information content (AvgIpc) is 2.28. The van der Waals surface area contributed by atoms with E-state index in [9.17, 15) is 9.59 Å². The third kappa shape index (κ3) is 5.12. The van der Waals surface area contributed by atoms with Crippen LogP contribution in [0.1, 0.15) is 6.42 Å². The van der Waals surface area contributed by atoms with Gasteiger partial charge in [-0.1, -0.05) is 0 Å². The van der Waals surface area contributed by atoms with Crippen molar-refractivity contribution in [3.05, 3.63) is 0 Å². The number of aliphatic carboxylic acids is 1. The number of nitrogens with two attached hydrogens (primary N) is 1. The van der Waals surface area contributed by atoms with Crippen LogP contribution in [-0.2, 0) is 19.1 Å². The Morgan fingerprint density at radius 2 is 2.29 bits per heavy atom. The van der Waals surface area contributed by atoms with Gasteiger partial charge in [-0.25, -0.2) is 0 Å². The van der Waals surface area contributed by atoms with Crippen LogP contribution in [0.5, 0.6) is 0 Å². The summed E-state index contributed by atoms with van der Waals surface area (Å²) in [5.41, 5.74) is 5.23. The predicted molar refractivity (Wildman–Crippen MR) is 58.4 cm³/mol. The Morgan fingerprint density at radius 3 is 2.94 bits per heavy atom. The molecule has 0 spiro atoms. The zero-order valence-corrected chi connectivity index (χ0v) is 9.63. The Hall–Kier alpha value is -1.18. The van der Waals surface area contributed by atoms with Crippen molar-refractivity contribution in [2.45, 2.75) is 12.5 Å². The zero-order valence-electron chi connectivity index (χ0n) is 9.63. The number of ether oxygens (including phenoxy) is 2. The number of hydrogen-bond donors (Lipinski definition) is 2. The number of rotatable bonds is 6. The van der Waals surface area contributed by atoms with Crippen molar-refractivity contribution in [2.75, 3.05) is 39.5 Å². The summed E-state index contributed by atoms with van der Waals surface area (Å²) < 4.78 is 10.3. The number of carboxylic acid groups (broad SMARTS) is 1. The van der Waals surface area contributed by atoms with Gasteiger partial charge in [0, 0.05) is 19.6 Å². The van der Waals surface area contributed by atoms with Crippen molar-refractivity contribution in [2.24, 2.45) is 5.73 Å². The summed E-state index contributed by atoms with van der Waals surface area (Å²) in [6.07, 6.45) is -0.521. The van der Waals surface area contributed by atoms with Crippen molar-refractivity contribution in [3.8, 4) is 0 Å². The van der Waals surface area contributed by atoms with E-state index in [2.05, 4.69) is 0 Å². The maximum Gasteiger partial charge on any atom is 0.306 e. The van der Waals surface area contributed by atoms with E-state index in [-0.39, 0.29) is 18.9 Å². The molecule has 3 N–H and O–H groups in total. The molecule has 17 heavy (non-hydrogen) atoms. The fraction of sp³-hybridized carbons (Fsp3) is 0.800. The van der Waals surface area contributed by atoms with Crippen LogP contribution in [-0.4, -0.2) is 67.4 Å². The summed E-state index contributed by atoms with van der Waals surface area (Å²) in [6.45, 7) is 1.84. The largest absolute Gasteiger partial charge is 0.481 e. The van der Waals surface area contributed by atoms with Crippen molar-refractivity contribution in [1.82, 2.24) is 4.90 Å². The second-order valence-corrected chi connectivity index (χ2v) is 3.77. The second kappa shape index (κ2) is 7.21. The molecule has 0 bridgehead atoms. The molecule has 1 heterocycles. The summed E-state index contributed by atoms with van der Waals surface area (Å²) in [7, 11) is 0. The Labute approximate surface area is 99.5 Å². The number of carbonyl (C=O) groups is 2. The molecule has 1 atom stereocenters. The summed E-state index contributed by atoms with van der Waals surface area (Å²) in [5, 5.41) is 8.64. The molecule has 0 aromatic rings. The highest BCUT2D eigenvalue weighted by Gasteiger charge is 2.25. The lowest BCUT2D eigenvalue weighted by Gasteiger charge is -2.32.